The Labute approximate surface area is 178 Å². The van der Waals surface area contributed by atoms with Crippen molar-refractivity contribution in [2.45, 2.75) is 6.54 Å². The highest BCUT2D eigenvalue weighted by atomic mass is 35.5. The van der Waals surface area contributed by atoms with Crippen molar-refractivity contribution in [2.75, 3.05) is 0 Å². The Kier molecular flexibility index (Phi) is 4.52. The number of halogens is 4. The number of nitrogens with zero attached hydrogens (tertiary/aromatic N) is 6. The minimum atomic E-state index is -0.760. The fourth-order valence-electron chi connectivity index (χ4n) is 3.37. The summed E-state index contributed by atoms with van der Waals surface area (Å²) in [6.07, 6.45) is 2.97. The highest BCUT2D eigenvalue weighted by Gasteiger charge is 2.29. The molecule has 0 bridgehead atoms. The largest absolute Gasteiger partial charge is 0.276 e. The van der Waals surface area contributed by atoms with Crippen LogP contribution in [0.15, 0.2) is 53.9 Å². The minimum absolute atomic E-state index is 0.0177. The highest BCUT2D eigenvalue weighted by Crippen LogP contribution is 2.37. The van der Waals surface area contributed by atoms with Crippen LogP contribution in [0.5, 0.6) is 0 Å². The first kappa shape index (κ1) is 18.8. The van der Waals surface area contributed by atoms with Crippen LogP contribution in [-0.4, -0.2) is 30.4 Å². The summed E-state index contributed by atoms with van der Waals surface area (Å²) in [6.45, 7) is 0.0177. The minimum Gasteiger partial charge on any atom is -0.276 e. The summed E-state index contributed by atoms with van der Waals surface area (Å²) >= 11 is 12.8. The molecular formula is C20H10Cl2F2N6. The third-order valence-electron chi connectivity index (χ3n) is 4.67. The Bertz CT molecular complexity index is 1300. The van der Waals surface area contributed by atoms with Crippen molar-refractivity contribution in [1.29, 1.82) is 0 Å². The van der Waals surface area contributed by atoms with Gasteiger partial charge in [-0.05, 0) is 30.3 Å². The Balaban J connectivity index is 1.84. The molecule has 0 aliphatic carbocycles. The number of fused-ring (bicyclic) bond motifs is 3. The third-order valence-corrected chi connectivity index (χ3v) is 5.47. The second-order valence-electron chi connectivity index (χ2n) is 6.39. The molecule has 0 amide bonds. The van der Waals surface area contributed by atoms with Crippen molar-refractivity contribution >= 4 is 28.9 Å². The van der Waals surface area contributed by atoms with E-state index in [1.165, 1.54) is 12.4 Å². The summed E-state index contributed by atoms with van der Waals surface area (Å²) in [5.41, 5.74) is 1.04. The summed E-state index contributed by atoms with van der Waals surface area (Å²) in [6, 6.07) is 8.57. The normalized spacial score (nSPS) is 12.7. The number of benzene rings is 2. The monoisotopic (exact) mass is 442 g/mol. The molecule has 0 N–H and O–H groups in total. The van der Waals surface area contributed by atoms with Gasteiger partial charge in [0.2, 0.25) is 0 Å². The highest BCUT2D eigenvalue weighted by molar-refractivity contribution is 6.45. The van der Waals surface area contributed by atoms with Gasteiger partial charge >= 0.3 is 0 Å². The molecular weight excluding hydrogens is 433 g/mol. The molecule has 1 aliphatic rings. The third kappa shape index (κ3) is 2.88. The van der Waals surface area contributed by atoms with Crippen molar-refractivity contribution in [3.05, 3.63) is 87.6 Å². The van der Waals surface area contributed by atoms with Gasteiger partial charge in [-0.15, -0.1) is 10.2 Å². The van der Waals surface area contributed by atoms with E-state index >= 15 is 0 Å². The van der Waals surface area contributed by atoms with Gasteiger partial charge in [0.1, 0.15) is 30.2 Å². The van der Waals surface area contributed by atoms with Crippen LogP contribution in [0.4, 0.5) is 8.78 Å². The summed E-state index contributed by atoms with van der Waals surface area (Å²) < 4.78 is 31.0. The van der Waals surface area contributed by atoms with Gasteiger partial charge in [0, 0.05) is 11.8 Å². The van der Waals surface area contributed by atoms with E-state index in [1.54, 1.807) is 29.0 Å². The zero-order chi connectivity index (χ0) is 20.8. The van der Waals surface area contributed by atoms with Gasteiger partial charge in [0.25, 0.3) is 0 Å². The Hall–Kier alpha value is -3.23. The fraction of sp³-hybridized carbons (Fsp3) is 0.0500. The van der Waals surface area contributed by atoms with E-state index in [2.05, 4.69) is 25.2 Å². The van der Waals surface area contributed by atoms with Crippen molar-refractivity contribution in [2.24, 2.45) is 4.99 Å². The Morgan fingerprint density at radius 3 is 2.47 bits per heavy atom. The van der Waals surface area contributed by atoms with Gasteiger partial charge in [-0.3, -0.25) is 9.56 Å². The lowest BCUT2D eigenvalue weighted by Crippen LogP contribution is -2.13. The lowest BCUT2D eigenvalue weighted by atomic mass is 9.99. The van der Waals surface area contributed by atoms with Crippen LogP contribution in [0.2, 0.25) is 10.0 Å². The summed E-state index contributed by atoms with van der Waals surface area (Å²) in [7, 11) is 0. The van der Waals surface area contributed by atoms with Gasteiger partial charge in [0.05, 0.1) is 27.0 Å². The molecule has 30 heavy (non-hydrogen) atoms. The molecule has 5 rings (SSSR count). The Morgan fingerprint density at radius 2 is 1.73 bits per heavy atom. The zero-order valence-electron chi connectivity index (χ0n) is 15.0. The molecule has 4 aromatic rings. The SMILES string of the molecule is Fc1cccc(F)c1C1=NCc2nnc(-c3ccncn3)n2-c2ccc(Cl)c(Cl)c21. The summed E-state index contributed by atoms with van der Waals surface area (Å²) in [4.78, 5) is 12.6. The van der Waals surface area contributed by atoms with Crippen molar-refractivity contribution in [3.63, 3.8) is 0 Å². The lowest BCUT2D eigenvalue weighted by molar-refractivity contribution is 0.579. The number of hydrogen-bond donors (Lipinski definition) is 0. The molecule has 0 radical (unpaired) electrons. The van der Waals surface area contributed by atoms with Crippen LogP contribution in [0.1, 0.15) is 17.0 Å². The molecule has 0 unspecified atom stereocenters. The predicted molar refractivity (Wildman–Crippen MR) is 108 cm³/mol. The molecule has 0 saturated carbocycles. The molecule has 0 fully saturated rings. The molecule has 2 aromatic carbocycles. The molecule has 0 atom stereocenters. The Morgan fingerprint density at radius 1 is 0.933 bits per heavy atom. The van der Waals surface area contributed by atoms with Crippen LogP contribution in [-0.2, 0) is 6.54 Å². The van der Waals surface area contributed by atoms with Gasteiger partial charge in [-0.1, -0.05) is 29.3 Å². The standard InChI is InChI=1S/C20H10Cl2F2N6/c21-10-4-5-14-17(18(10)22)19(16-11(23)2-1-3-12(16)24)26-8-15-28-29-20(30(14)15)13-6-7-25-9-27-13/h1-7,9H,8H2. The van der Waals surface area contributed by atoms with Crippen LogP contribution in [0.3, 0.4) is 0 Å². The maximum Gasteiger partial charge on any atom is 0.187 e. The van der Waals surface area contributed by atoms with Crippen LogP contribution < -0.4 is 0 Å². The predicted octanol–water partition coefficient (Wildman–Crippen LogP) is 4.66. The summed E-state index contributed by atoms with van der Waals surface area (Å²) in [5.74, 6) is -0.652. The van der Waals surface area contributed by atoms with Crippen LogP contribution in [0.25, 0.3) is 17.2 Å². The van der Waals surface area contributed by atoms with E-state index in [4.69, 9.17) is 23.2 Å². The summed E-state index contributed by atoms with van der Waals surface area (Å²) in [5, 5.41) is 8.76. The first-order chi connectivity index (χ1) is 14.6. The molecule has 6 nitrogen and oxygen atoms in total. The van der Waals surface area contributed by atoms with E-state index in [-0.39, 0.29) is 33.4 Å². The second kappa shape index (κ2) is 7.23. The van der Waals surface area contributed by atoms with E-state index in [1.807, 2.05) is 0 Å². The average molecular weight is 443 g/mol. The topological polar surface area (TPSA) is 68.8 Å². The molecule has 1 aliphatic heterocycles. The average Bonchev–Trinajstić information content (AvgIpc) is 3.10. The first-order valence-electron chi connectivity index (χ1n) is 8.74. The van der Waals surface area contributed by atoms with Crippen LogP contribution >= 0.6 is 23.2 Å². The van der Waals surface area contributed by atoms with E-state index in [0.29, 0.717) is 23.0 Å². The zero-order valence-corrected chi connectivity index (χ0v) is 16.5. The van der Waals surface area contributed by atoms with Gasteiger partial charge in [-0.25, -0.2) is 18.7 Å². The molecule has 148 valence electrons. The molecule has 3 heterocycles. The van der Waals surface area contributed by atoms with E-state index < -0.39 is 11.6 Å². The quantitative estimate of drug-likeness (QED) is 0.452. The molecule has 0 spiro atoms. The number of hydrogen-bond acceptors (Lipinski definition) is 5. The van der Waals surface area contributed by atoms with Crippen molar-refractivity contribution < 1.29 is 8.78 Å². The lowest BCUT2D eigenvalue weighted by Gasteiger charge is -2.16. The molecule has 0 saturated heterocycles. The van der Waals surface area contributed by atoms with Crippen molar-refractivity contribution in [3.8, 4) is 17.2 Å². The molecule has 2 aromatic heterocycles. The fourth-order valence-corrected chi connectivity index (χ4v) is 3.78. The number of aromatic nitrogens is 5. The van der Waals surface area contributed by atoms with Gasteiger partial charge in [-0.2, -0.15) is 0 Å². The first-order valence-corrected chi connectivity index (χ1v) is 9.50. The second-order valence-corrected chi connectivity index (χ2v) is 7.17. The van der Waals surface area contributed by atoms with E-state index in [0.717, 1.165) is 12.1 Å². The number of aliphatic imine (C=N–C) groups is 1. The van der Waals surface area contributed by atoms with Gasteiger partial charge in [0.15, 0.2) is 11.6 Å². The molecule has 10 heteroatoms. The van der Waals surface area contributed by atoms with Crippen molar-refractivity contribution in [1.82, 2.24) is 24.7 Å². The maximum absolute atomic E-state index is 14.6. The van der Waals surface area contributed by atoms with E-state index in [9.17, 15) is 8.78 Å². The van der Waals surface area contributed by atoms with Gasteiger partial charge < -0.3 is 0 Å². The smallest absolute Gasteiger partial charge is 0.187 e. The van der Waals surface area contributed by atoms with Crippen LogP contribution in [0, 0.1) is 11.6 Å². The number of rotatable bonds is 2. The maximum atomic E-state index is 14.6.